The molecule has 13 heavy (non-hydrogen) atoms. The lowest BCUT2D eigenvalue weighted by molar-refractivity contribution is 0.329. The van der Waals surface area contributed by atoms with Crippen molar-refractivity contribution in [3.05, 3.63) is 22.5 Å². The van der Waals surface area contributed by atoms with E-state index in [2.05, 4.69) is 16.4 Å². The van der Waals surface area contributed by atoms with Crippen LogP contribution in [-0.2, 0) is 0 Å². The SMILES string of the molecule is CN1C=C(SS/C(=C/N)NN)NN1. The predicted octanol–water partition coefficient (Wildman–Crippen LogP) is -0.658. The van der Waals surface area contributed by atoms with E-state index in [1.165, 1.54) is 27.8 Å². The lowest BCUT2D eigenvalue weighted by atomic mass is 10.9. The normalized spacial score (nSPS) is 16.9. The quantitative estimate of drug-likeness (QED) is 0.242. The summed E-state index contributed by atoms with van der Waals surface area (Å²) < 4.78 is 0. The van der Waals surface area contributed by atoms with Crippen molar-refractivity contribution < 1.29 is 0 Å². The summed E-state index contributed by atoms with van der Waals surface area (Å²) in [6.07, 6.45) is 3.34. The summed E-state index contributed by atoms with van der Waals surface area (Å²) in [6, 6.07) is 0. The number of nitrogens with two attached hydrogens (primary N) is 2. The topological polar surface area (TPSA) is 91.4 Å². The van der Waals surface area contributed by atoms with Crippen LogP contribution in [-0.4, -0.2) is 12.1 Å². The maximum absolute atomic E-state index is 5.29. The van der Waals surface area contributed by atoms with Crippen molar-refractivity contribution in [3.8, 4) is 0 Å². The number of hydrazine groups is 3. The first-order chi connectivity index (χ1) is 6.26. The van der Waals surface area contributed by atoms with Gasteiger partial charge in [-0.05, 0) is 21.6 Å². The molecule has 0 aromatic rings. The van der Waals surface area contributed by atoms with E-state index in [4.69, 9.17) is 11.6 Å². The summed E-state index contributed by atoms with van der Waals surface area (Å²) in [5, 5.41) is 3.51. The highest BCUT2D eigenvalue weighted by Crippen LogP contribution is 2.33. The zero-order valence-electron chi connectivity index (χ0n) is 7.07. The second-order valence-corrected chi connectivity index (χ2v) is 4.40. The molecule has 0 aromatic carbocycles. The average Bonchev–Trinajstić information content (AvgIpc) is 2.53. The van der Waals surface area contributed by atoms with Crippen LogP contribution in [0.15, 0.2) is 22.5 Å². The van der Waals surface area contributed by atoms with E-state index in [1.54, 1.807) is 0 Å². The summed E-state index contributed by atoms with van der Waals surface area (Å²) in [5.74, 6) is 5.20. The van der Waals surface area contributed by atoms with Crippen LogP contribution >= 0.6 is 21.6 Å². The Morgan fingerprint density at radius 1 is 1.77 bits per heavy atom. The monoisotopic (exact) mass is 220 g/mol. The molecule has 0 atom stereocenters. The molecule has 0 fully saturated rings. The first-order valence-corrected chi connectivity index (χ1v) is 5.60. The van der Waals surface area contributed by atoms with Gasteiger partial charge in [0, 0.05) is 19.4 Å². The molecule has 74 valence electrons. The molecular formula is C5H12N6S2. The van der Waals surface area contributed by atoms with Crippen LogP contribution in [0.1, 0.15) is 0 Å². The molecule has 0 aromatic heterocycles. The molecule has 0 aliphatic carbocycles. The molecule has 0 saturated heterocycles. The van der Waals surface area contributed by atoms with Crippen LogP contribution in [0.5, 0.6) is 0 Å². The summed E-state index contributed by atoms with van der Waals surface area (Å²) in [5.41, 5.74) is 13.6. The molecule has 6 nitrogen and oxygen atoms in total. The Bertz CT molecular complexity index is 227. The predicted molar refractivity (Wildman–Crippen MR) is 56.9 cm³/mol. The van der Waals surface area contributed by atoms with Crippen molar-refractivity contribution in [3.63, 3.8) is 0 Å². The Morgan fingerprint density at radius 2 is 2.54 bits per heavy atom. The van der Waals surface area contributed by atoms with Crippen molar-refractivity contribution in [1.82, 2.24) is 21.4 Å². The van der Waals surface area contributed by atoms with Gasteiger partial charge in [0.1, 0.15) is 10.1 Å². The molecule has 7 N–H and O–H groups in total. The van der Waals surface area contributed by atoms with Crippen molar-refractivity contribution >= 4 is 21.6 Å². The lowest BCUT2D eigenvalue weighted by Gasteiger charge is -2.05. The summed E-state index contributed by atoms with van der Waals surface area (Å²) >= 11 is 0. The third-order valence-electron chi connectivity index (χ3n) is 1.18. The molecule has 0 bridgehead atoms. The Labute approximate surface area is 84.5 Å². The van der Waals surface area contributed by atoms with Crippen molar-refractivity contribution in [2.75, 3.05) is 7.05 Å². The molecule has 1 heterocycles. The van der Waals surface area contributed by atoms with E-state index in [1.807, 2.05) is 18.3 Å². The van der Waals surface area contributed by atoms with E-state index < -0.39 is 0 Å². The lowest BCUT2D eigenvalue weighted by Crippen LogP contribution is -2.32. The maximum Gasteiger partial charge on any atom is 0.113 e. The molecule has 0 spiro atoms. The molecule has 8 heteroatoms. The molecule has 1 aliphatic heterocycles. The second-order valence-electron chi connectivity index (χ2n) is 2.18. The minimum atomic E-state index is 0.710. The van der Waals surface area contributed by atoms with Gasteiger partial charge in [-0.1, -0.05) is 0 Å². The van der Waals surface area contributed by atoms with Crippen LogP contribution in [0.3, 0.4) is 0 Å². The van der Waals surface area contributed by atoms with Gasteiger partial charge in [0.15, 0.2) is 0 Å². The van der Waals surface area contributed by atoms with Gasteiger partial charge in [-0.3, -0.25) is 10.4 Å². The summed E-state index contributed by atoms with van der Waals surface area (Å²) in [7, 11) is 4.85. The standard InChI is InChI=1S/C5H12N6S2/c1-11-3-5(9-10-11)13-12-4(2-6)8-7/h2-3,8-10H,6-7H2,1H3/b4-2+. The van der Waals surface area contributed by atoms with E-state index in [-0.39, 0.29) is 0 Å². The Balaban J connectivity index is 2.30. The number of rotatable bonds is 4. The fourth-order valence-electron chi connectivity index (χ4n) is 0.616. The molecule has 0 amide bonds. The number of hydrogen-bond donors (Lipinski definition) is 5. The molecule has 1 rings (SSSR count). The average molecular weight is 220 g/mol. The van der Waals surface area contributed by atoms with E-state index in [9.17, 15) is 0 Å². The maximum atomic E-state index is 5.29. The summed E-state index contributed by atoms with van der Waals surface area (Å²) in [6.45, 7) is 0. The highest BCUT2D eigenvalue weighted by molar-refractivity contribution is 8.79. The third kappa shape index (κ3) is 3.27. The van der Waals surface area contributed by atoms with Crippen LogP contribution < -0.4 is 28.0 Å². The zero-order valence-corrected chi connectivity index (χ0v) is 8.71. The van der Waals surface area contributed by atoms with Gasteiger partial charge in [0.25, 0.3) is 0 Å². The van der Waals surface area contributed by atoms with Gasteiger partial charge < -0.3 is 11.2 Å². The highest BCUT2D eigenvalue weighted by atomic mass is 33.1. The van der Waals surface area contributed by atoms with Crippen molar-refractivity contribution in [2.45, 2.75) is 0 Å². The third-order valence-corrected chi connectivity index (χ3v) is 3.41. The van der Waals surface area contributed by atoms with Crippen LogP contribution in [0, 0.1) is 0 Å². The molecule has 0 radical (unpaired) electrons. The van der Waals surface area contributed by atoms with E-state index in [0.717, 1.165) is 5.03 Å². The Morgan fingerprint density at radius 3 is 3.00 bits per heavy atom. The van der Waals surface area contributed by atoms with Gasteiger partial charge in [-0.25, -0.2) is 5.84 Å². The van der Waals surface area contributed by atoms with E-state index in [0.29, 0.717) is 5.03 Å². The molecule has 0 saturated carbocycles. The Kier molecular flexibility index (Phi) is 4.09. The van der Waals surface area contributed by atoms with Gasteiger partial charge in [0.2, 0.25) is 0 Å². The smallest absolute Gasteiger partial charge is 0.113 e. The Hall–Kier alpha value is -0.700. The van der Waals surface area contributed by atoms with E-state index >= 15 is 0 Å². The number of nitrogens with zero attached hydrogens (tertiary/aromatic N) is 1. The minimum absolute atomic E-state index is 0.710. The van der Waals surface area contributed by atoms with Gasteiger partial charge >= 0.3 is 0 Å². The summed E-state index contributed by atoms with van der Waals surface area (Å²) in [4.78, 5) is 0. The van der Waals surface area contributed by atoms with Crippen LogP contribution in [0.25, 0.3) is 0 Å². The highest BCUT2D eigenvalue weighted by Gasteiger charge is 2.08. The van der Waals surface area contributed by atoms with Crippen molar-refractivity contribution in [2.24, 2.45) is 11.6 Å². The zero-order chi connectivity index (χ0) is 9.68. The largest absolute Gasteiger partial charge is 0.402 e. The number of hydrogen-bond acceptors (Lipinski definition) is 8. The van der Waals surface area contributed by atoms with Gasteiger partial charge in [-0.2, -0.15) is 0 Å². The van der Waals surface area contributed by atoms with Gasteiger partial charge in [0.05, 0.1) is 0 Å². The molecular weight excluding hydrogens is 208 g/mol. The van der Waals surface area contributed by atoms with Crippen LogP contribution in [0.2, 0.25) is 0 Å². The first-order valence-electron chi connectivity index (χ1n) is 3.45. The fourth-order valence-corrected chi connectivity index (χ4v) is 2.29. The van der Waals surface area contributed by atoms with Crippen LogP contribution in [0.4, 0.5) is 0 Å². The van der Waals surface area contributed by atoms with Gasteiger partial charge in [-0.15, -0.1) is 5.53 Å². The first kappa shape index (κ1) is 10.4. The number of nitrogens with one attached hydrogen (secondary N) is 3. The molecule has 1 aliphatic rings. The minimum Gasteiger partial charge on any atom is -0.402 e. The molecule has 0 unspecified atom stereocenters. The van der Waals surface area contributed by atoms with Crippen molar-refractivity contribution in [1.29, 1.82) is 0 Å². The fraction of sp³-hybridized carbons (Fsp3) is 0.200. The second kappa shape index (κ2) is 5.12.